The molecule has 1 aliphatic heterocycles. The number of nitrogens with two attached hydrogens (primary N) is 1. The van der Waals surface area contributed by atoms with Crippen LogP contribution in [0.3, 0.4) is 0 Å². The summed E-state index contributed by atoms with van der Waals surface area (Å²) in [4.78, 5) is 26.0. The zero-order valence-electron chi connectivity index (χ0n) is 14.3. The first-order chi connectivity index (χ1) is 12.0. The Morgan fingerprint density at radius 2 is 2.16 bits per heavy atom. The molecule has 1 aliphatic rings. The van der Waals surface area contributed by atoms with Gasteiger partial charge in [0.05, 0.1) is 5.92 Å². The summed E-state index contributed by atoms with van der Waals surface area (Å²) < 4.78 is 1.85. The zero-order valence-corrected chi connectivity index (χ0v) is 15.1. The number of amides is 2. The number of piperidine rings is 1. The third-order valence-electron chi connectivity index (χ3n) is 4.86. The van der Waals surface area contributed by atoms with Crippen LogP contribution in [0.2, 0.25) is 5.02 Å². The highest BCUT2D eigenvalue weighted by molar-refractivity contribution is 6.31. The van der Waals surface area contributed by atoms with E-state index in [1.54, 1.807) is 0 Å². The number of halogens is 1. The summed E-state index contributed by atoms with van der Waals surface area (Å²) in [5.41, 5.74) is 6.93. The number of carbonyl (C=O) groups excluding carboxylic acids is 2. The molecule has 3 rings (SSSR count). The van der Waals surface area contributed by atoms with Gasteiger partial charge < -0.3 is 20.5 Å². The van der Waals surface area contributed by atoms with Crippen LogP contribution in [0.4, 0.5) is 0 Å². The molecule has 1 saturated heterocycles. The van der Waals surface area contributed by atoms with Crippen molar-refractivity contribution in [3.05, 3.63) is 35.0 Å². The second-order valence-corrected chi connectivity index (χ2v) is 7.03. The van der Waals surface area contributed by atoms with Gasteiger partial charge in [-0.3, -0.25) is 9.59 Å². The summed E-state index contributed by atoms with van der Waals surface area (Å²) in [7, 11) is 1.86. The smallest absolute Gasteiger partial charge is 0.267 e. The topological polar surface area (TPSA) is 80.4 Å². The molecular formula is C18H23ClN4O2. The molecule has 1 aromatic heterocycles. The summed E-state index contributed by atoms with van der Waals surface area (Å²) in [5.74, 6) is -0.423. The van der Waals surface area contributed by atoms with Gasteiger partial charge in [-0.05, 0) is 37.6 Å². The van der Waals surface area contributed by atoms with Crippen LogP contribution in [0.1, 0.15) is 23.3 Å². The van der Waals surface area contributed by atoms with Gasteiger partial charge in [0.2, 0.25) is 5.91 Å². The fraction of sp³-hybridized carbons (Fsp3) is 0.444. The van der Waals surface area contributed by atoms with E-state index in [9.17, 15) is 9.59 Å². The van der Waals surface area contributed by atoms with Gasteiger partial charge in [0.15, 0.2) is 0 Å². The Labute approximate surface area is 151 Å². The Bertz CT molecular complexity index is 802. The molecule has 2 aromatic rings. The summed E-state index contributed by atoms with van der Waals surface area (Å²) in [6.45, 7) is 2.86. The van der Waals surface area contributed by atoms with Crippen LogP contribution in [-0.2, 0) is 11.8 Å². The number of primary amides is 1. The summed E-state index contributed by atoms with van der Waals surface area (Å²) in [6, 6.07) is 7.44. The van der Waals surface area contributed by atoms with E-state index in [0.29, 0.717) is 30.4 Å². The number of nitrogens with one attached hydrogen (secondary N) is 1. The van der Waals surface area contributed by atoms with Crippen molar-refractivity contribution < 1.29 is 9.59 Å². The van der Waals surface area contributed by atoms with E-state index in [1.165, 1.54) is 0 Å². The van der Waals surface area contributed by atoms with Gasteiger partial charge in [0.25, 0.3) is 5.91 Å². The standard InChI is InChI=1S/C18H23ClN4O2/c1-22-15-10-14(19)5-4-12(15)9-16(22)18(25)21-6-8-23-7-2-3-13(11-23)17(20)24/h4-5,9-10,13H,2-3,6-8,11H2,1H3,(H2,20,24)(H,21,25). The fourth-order valence-corrected chi connectivity index (χ4v) is 3.60. The van der Waals surface area contributed by atoms with Crippen LogP contribution in [0.5, 0.6) is 0 Å². The van der Waals surface area contributed by atoms with Crippen molar-refractivity contribution in [3.8, 4) is 0 Å². The monoisotopic (exact) mass is 362 g/mol. The van der Waals surface area contributed by atoms with Crippen molar-refractivity contribution in [2.45, 2.75) is 12.8 Å². The molecule has 1 atom stereocenters. The van der Waals surface area contributed by atoms with Gasteiger partial charge in [-0.25, -0.2) is 0 Å². The first-order valence-electron chi connectivity index (χ1n) is 8.50. The largest absolute Gasteiger partial charge is 0.369 e. The van der Waals surface area contributed by atoms with Crippen molar-refractivity contribution >= 4 is 34.3 Å². The Morgan fingerprint density at radius 3 is 2.92 bits per heavy atom. The number of nitrogens with zero attached hydrogens (tertiary/aromatic N) is 2. The first-order valence-corrected chi connectivity index (χ1v) is 8.88. The second-order valence-electron chi connectivity index (χ2n) is 6.59. The highest BCUT2D eigenvalue weighted by Gasteiger charge is 2.23. The van der Waals surface area contributed by atoms with Crippen LogP contribution in [-0.4, -0.2) is 47.5 Å². The third-order valence-corrected chi connectivity index (χ3v) is 5.10. The predicted octanol–water partition coefficient (Wildman–Crippen LogP) is 1.76. The molecule has 7 heteroatoms. The Morgan fingerprint density at radius 1 is 1.36 bits per heavy atom. The predicted molar refractivity (Wildman–Crippen MR) is 98.6 cm³/mol. The molecule has 0 spiro atoms. The summed E-state index contributed by atoms with van der Waals surface area (Å²) in [5, 5.41) is 4.59. The molecule has 1 fully saturated rings. The minimum Gasteiger partial charge on any atom is -0.369 e. The number of rotatable bonds is 5. The number of carbonyl (C=O) groups is 2. The Balaban J connectivity index is 1.58. The Kier molecular flexibility index (Phi) is 5.30. The average Bonchev–Trinajstić information content (AvgIpc) is 2.91. The van der Waals surface area contributed by atoms with Gasteiger partial charge in [0.1, 0.15) is 5.69 Å². The molecule has 0 saturated carbocycles. The number of aryl methyl sites for hydroxylation is 1. The van der Waals surface area contributed by atoms with Crippen molar-refractivity contribution in [2.75, 3.05) is 26.2 Å². The van der Waals surface area contributed by atoms with Gasteiger partial charge >= 0.3 is 0 Å². The molecule has 134 valence electrons. The van der Waals surface area contributed by atoms with E-state index in [4.69, 9.17) is 17.3 Å². The van der Waals surface area contributed by atoms with E-state index in [1.807, 2.05) is 35.9 Å². The molecule has 0 aliphatic carbocycles. The van der Waals surface area contributed by atoms with E-state index >= 15 is 0 Å². The van der Waals surface area contributed by atoms with Crippen molar-refractivity contribution in [1.82, 2.24) is 14.8 Å². The molecule has 0 bridgehead atoms. The van der Waals surface area contributed by atoms with E-state index in [0.717, 1.165) is 30.3 Å². The van der Waals surface area contributed by atoms with E-state index in [-0.39, 0.29) is 17.7 Å². The lowest BCUT2D eigenvalue weighted by Crippen LogP contribution is -2.44. The minimum absolute atomic E-state index is 0.0765. The van der Waals surface area contributed by atoms with Crippen LogP contribution < -0.4 is 11.1 Å². The first kappa shape index (κ1) is 17.8. The molecule has 25 heavy (non-hydrogen) atoms. The molecule has 1 aromatic carbocycles. The van der Waals surface area contributed by atoms with E-state index in [2.05, 4.69) is 10.2 Å². The van der Waals surface area contributed by atoms with E-state index < -0.39 is 0 Å². The lowest BCUT2D eigenvalue weighted by Gasteiger charge is -2.31. The lowest BCUT2D eigenvalue weighted by atomic mass is 9.97. The van der Waals surface area contributed by atoms with Gasteiger partial charge in [-0.2, -0.15) is 0 Å². The van der Waals surface area contributed by atoms with Crippen LogP contribution >= 0.6 is 11.6 Å². The Hall–Kier alpha value is -2.05. The highest BCUT2D eigenvalue weighted by atomic mass is 35.5. The van der Waals surface area contributed by atoms with Crippen LogP contribution in [0, 0.1) is 5.92 Å². The molecule has 0 radical (unpaired) electrons. The number of fused-ring (bicyclic) bond motifs is 1. The molecular weight excluding hydrogens is 340 g/mol. The quantitative estimate of drug-likeness (QED) is 0.850. The third kappa shape index (κ3) is 3.96. The zero-order chi connectivity index (χ0) is 18.0. The molecule has 1 unspecified atom stereocenters. The second kappa shape index (κ2) is 7.45. The molecule has 6 nitrogen and oxygen atoms in total. The van der Waals surface area contributed by atoms with Gasteiger partial charge in [-0.15, -0.1) is 0 Å². The summed E-state index contributed by atoms with van der Waals surface area (Å²) in [6.07, 6.45) is 1.82. The van der Waals surface area contributed by atoms with Crippen LogP contribution in [0.15, 0.2) is 24.3 Å². The molecule has 3 N–H and O–H groups in total. The number of aromatic nitrogens is 1. The number of hydrogen-bond donors (Lipinski definition) is 2. The highest BCUT2D eigenvalue weighted by Crippen LogP contribution is 2.22. The van der Waals surface area contributed by atoms with Crippen molar-refractivity contribution in [3.63, 3.8) is 0 Å². The average molecular weight is 363 g/mol. The van der Waals surface area contributed by atoms with Gasteiger partial charge in [-0.1, -0.05) is 17.7 Å². The molecule has 2 amide bonds. The van der Waals surface area contributed by atoms with Gasteiger partial charge in [0, 0.05) is 42.6 Å². The van der Waals surface area contributed by atoms with Crippen molar-refractivity contribution in [2.24, 2.45) is 18.7 Å². The maximum atomic E-state index is 12.5. The number of benzene rings is 1. The number of hydrogen-bond acceptors (Lipinski definition) is 3. The lowest BCUT2D eigenvalue weighted by molar-refractivity contribution is -0.123. The maximum Gasteiger partial charge on any atom is 0.267 e. The summed E-state index contributed by atoms with van der Waals surface area (Å²) >= 11 is 6.03. The maximum absolute atomic E-state index is 12.5. The SMILES string of the molecule is Cn1c(C(=O)NCCN2CCCC(C(N)=O)C2)cc2ccc(Cl)cc21. The van der Waals surface area contributed by atoms with Crippen LogP contribution in [0.25, 0.3) is 10.9 Å². The fourth-order valence-electron chi connectivity index (χ4n) is 3.43. The minimum atomic E-state index is -0.233. The number of likely N-dealkylation sites (tertiary alicyclic amines) is 1. The molecule has 2 heterocycles. The normalized spacial score (nSPS) is 18.4. The van der Waals surface area contributed by atoms with Crippen molar-refractivity contribution in [1.29, 1.82) is 0 Å².